The molecule has 5 aliphatic rings. The molecule has 0 N–H and O–H groups in total. The summed E-state index contributed by atoms with van der Waals surface area (Å²) < 4.78 is -4.02. The highest BCUT2D eigenvalue weighted by Crippen LogP contribution is 2.88. The Balaban J connectivity index is 1.80. The normalized spacial score (nSPS) is 46.8. The summed E-state index contributed by atoms with van der Waals surface area (Å²) in [5.41, 5.74) is 0.288. The first-order valence-electron chi connectivity index (χ1n) is 9.93. The number of hydrogen-bond acceptors (Lipinski definition) is 2. The number of hydrogen-bond donors (Lipinski definition) is 0. The summed E-state index contributed by atoms with van der Waals surface area (Å²) in [6.07, 6.45) is 0. The van der Waals surface area contributed by atoms with Crippen LogP contribution in [-0.4, -0.2) is 33.1 Å². The summed E-state index contributed by atoms with van der Waals surface area (Å²) >= 11 is 89.3. The van der Waals surface area contributed by atoms with E-state index < -0.39 is 62.4 Å². The van der Waals surface area contributed by atoms with Crippen LogP contribution in [0.2, 0.25) is 5.02 Å². The van der Waals surface area contributed by atoms with E-state index in [1.165, 1.54) is 12.1 Å². The van der Waals surface area contributed by atoms with Crippen molar-refractivity contribution in [1.29, 1.82) is 0 Å². The molecule has 36 heavy (non-hydrogen) atoms. The van der Waals surface area contributed by atoms with Crippen LogP contribution in [0.3, 0.4) is 0 Å². The summed E-state index contributed by atoms with van der Waals surface area (Å²) in [5, 5.41) is 11.3. The number of rotatable bonds is 1. The minimum absolute atomic E-state index is 0.0824. The third-order valence-corrected chi connectivity index (χ3v) is 17.2. The molecule has 2 fully saturated rings. The van der Waals surface area contributed by atoms with Crippen LogP contribution in [0.25, 0.3) is 0 Å². The Morgan fingerprint density at radius 1 is 0.611 bits per heavy atom. The zero-order chi connectivity index (χ0) is 26.9. The minimum atomic E-state index is -2.02. The first kappa shape index (κ1) is 28.0. The van der Waals surface area contributed by atoms with Crippen molar-refractivity contribution in [3.05, 3.63) is 58.5 Å². The number of fused-ring (bicyclic) bond motifs is 14. The highest BCUT2D eigenvalue weighted by atomic mass is 35.5. The predicted octanol–water partition coefficient (Wildman–Crippen LogP) is 10.4. The molecule has 2 saturated carbocycles. The van der Waals surface area contributed by atoms with E-state index in [2.05, 4.69) is 0 Å². The van der Waals surface area contributed by atoms with Gasteiger partial charge >= 0.3 is 0 Å². The van der Waals surface area contributed by atoms with Crippen LogP contribution in [0.5, 0.6) is 0 Å². The molecule has 5 aliphatic carbocycles. The van der Waals surface area contributed by atoms with Gasteiger partial charge in [0.25, 0.3) is 5.69 Å². The molecule has 3 nitrogen and oxygen atoms in total. The maximum absolute atomic E-state index is 11.8. The Kier molecular flexibility index (Phi) is 5.93. The molecule has 16 heteroatoms. The molecular weight excluding hydrogens is 747 g/mol. The molecular formula is C20H6Cl13NO2. The standard InChI is InChI=1S/C20H6Cl13NO2/c21-5-1-3-4(2-6(5)34(35)36)8-10(18(29)14(25)12(23)16(8,27)20(18,32)33)9-7(3)15(26)11(22)13(24)17(9,28)19(15,30)31/h1-2,7-10H. The van der Waals surface area contributed by atoms with Crippen molar-refractivity contribution >= 4 is 156 Å². The number of halogens is 13. The SMILES string of the molecule is O=[N+]([O-])c1cc2c(cc1Cl)C1C(C3C2C2(Cl)C(Cl)=C(Cl)C3(Cl)C2(Cl)Cl)C2(Cl)C(Cl)=C(Cl)C1(Cl)C2(Cl)Cl. The fourth-order valence-electron chi connectivity index (χ4n) is 7.05. The van der Waals surface area contributed by atoms with Gasteiger partial charge < -0.3 is 0 Å². The second-order valence-electron chi connectivity index (χ2n) is 9.45. The van der Waals surface area contributed by atoms with Crippen molar-refractivity contribution in [3.63, 3.8) is 0 Å². The molecule has 8 atom stereocenters. The predicted molar refractivity (Wildman–Crippen MR) is 151 cm³/mol. The molecule has 0 aliphatic heterocycles. The molecule has 194 valence electrons. The van der Waals surface area contributed by atoms with Crippen LogP contribution in [0.1, 0.15) is 23.0 Å². The van der Waals surface area contributed by atoms with Gasteiger partial charge in [-0.3, -0.25) is 10.1 Å². The topological polar surface area (TPSA) is 43.1 Å². The maximum Gasteiger partial charge on any atom is 0.288 e. The molecule has 0 heterocycles. The van der Waals surface area contributed by atoms with E-state index >= 15 is 0 Å². The van der Waals surface area contributed by atoms with Crippen molar-refractivity contribution in [1.82, 2.24) is 0 Å². The lowest BCUT2D eigenvalue weighted by atomic mass is 9.57. The van der Waals surface area contributed by atoms with Crippen molar-refractivity contribution in [2.24, 2.45) is 11.8 Å². The Morgan fingerprint density at radius 3 is 1.31 bits per heavy atom. The largest absolute Gasteiger partial charge is 0.288 e. The first-order valence-corrected chi connectivity index (χ1v) is 14.8. The lowest BCUT2D eigenvalue weighted by Crippen LogP contribution is -2.53. The van der Waals surface area contributed by atoms with Crippen LogP contribution in [0.4, 0.5) is 5.69 Å². The highest BCUT2D eigenvalue weighted by Gasteiger charge is 2.91. The molecule has 1 aromatic rings. The van der Waals surface area contributed by atoms with E-state index in [0.717, 1.165) is 0 Å². The van der Waals surface area contributed by atoms with Gasteiger partial charge in [-0.1, -0.05) is 104 Å². The molecule has 0 amide bonds. The van der Waals surface area contributed by atoms with Crippen LogP contribution >= 0.6 is 151 Å². The lowest BCUT2D eigenvalue weighted by molar-refractivity contribution is -0.384. The summed E-state index contributed by atoms with van der Waals surface area (Å²) in [7, 11) is 0. The second kappa shape index (κ2) is 7.63. The number of alkyl halides is 8. The Bertz CT molecular complexity index is 1390. The monoisotopic (exact) mass is 747 g/mol. The molecule has 6 rings (SSSR count). The summed E-state index contributed by atoms with van der Waals surface area (Å²) in [4.78, 5) is 3.89. The van der Waals surface area contributed by atoms with Gasteiger partial charge in [-0.05, 0) is 17.2 Å². The van der Waals surface area contributed by atoms with E-state index in [0.29, 0.717) is 11.1 Å². The fourth-order valence-corrected chi connectivity index (χ4v) is 13.3. The summed E-state index contributed by atoms with van der Waals surface area (Å²) in [6.45, 7) is 0. The smallest absolute Gasteiger partial charge is 0.258 e. The molecule has 0 spiro atoms. The van der Waals surface area contributed by atoms with Crippen molar-refractivity contribution in [3.8, 4) is 0 Å². The van der Waals surface area contributed by atoms with Crippen molar-refractivity contribution in [2.45, 2.75) is 40.0 Å². The van der Waals surface area contributed by atoms with Crippen LogP contribution in [-0.2, 0) is 0 Å². The van der Waals surface area contributed by atoms with E-state index in [1.54, 1.807) is 0 Å². The Morgan fingerprint density at radius 2 is 0.944 bits per heavy atom. The number of allylic oxidation sites excluding steroid dienone is 4. The molecule has 4 bridgehead atoms. The maximum atomic E-state index is 11.8. The first-order chi connectivity index (χ1) is 16.3. The van der Waals surface area contributed by atoms with Gasteiger partial charge in [0, 0.05) is 29.7 Å². The fraction of sp³-hybridized carbons (Fsp3) is 0.500. The number of nitro benzene ring substituents is 1. The molecule has 0 aromatic heterocycles. The quantitative estimate of drug-likeness (QED) is 0.163. The molecule has 0 saturated heterocycles. The van der Waals surface area contributed by atoms with Crippen molar-refractivity contribution in [2.75, 3.05) is 0 Å². The highest BCUT2D eigenvalue weighted by molar-refractivity contribution is 6.67. The Hall–Kier alpha value is 1.87. The van der Waals surface area contributed by atoms with Gasteiger partial charge in [0.2, 0.25) is 0 Å². The number of nitro groups is 1. The van der Waals surface area contributed by atoms with Gasteiger partial charge in [0.05, 0.1) is 25.1 Å². The number of benzene rings is 1. The average Bonchev–Trinajstić information content (AvgIpc) is 3.12. The zero-order valence-electron chi connectivity index (χ0n) is 16.6. The van der Waals surface area contributed by atoms with E-state index in [1.807, 2.05) is 0 Å². The van der Waals surface area contributed by atoms with Gasteiger partial charge in [-0.25, -0.2) is 0 Å². The summed E-state index contributed by atoms with van der Waals surface area (Å²) in [6, 6.07) is 2.64. The van der Waals surface area contributed by atoms with Gasteiger partial charge in [0.1, 0.15) is 24.5 Å². The van der Waals surface area contributed by atoms with Gasteiger partial charge in [-0.2, -0.15) is 0 Å². The molecule has 8 unspecified atom stereocenters. The third kappa shape index (κ3) is 2.43. The van der Waals surface area contributed by atoms with E-state index in [4.69, 9.17) is 151 Å². The molecule has 1 aromatic carbocycles. The third-order valence-electron chi connectivity index (χ3n) is 8.39. The van der Waals surface area contributed by atoms with Gasteiger partial charge in [0.15, 0.2) is 8.67 Å². The molecule has 0 radical (unpaired) electrons. The van der Waals surface area contributed by atoms with Crippen molar-refractivity contribution < 1.29 is 4.92 Å². The van der Waals surface area contributed by atoms with E-state index in [-0.39, 0.29) is 25.2 Å². The average molecular weight is 753 g/mol. The number of nitrogens with zero attached hydrogens (tertiary/aromatic N) is 1. The van der Waals surface area contributed by atoms with E-state index in [9.17, 15) is 10.1 Å². The van der Waals surface area contributed by atoms with Crippen LogP contribution in [0.15, 0.2) is 32.3 Å². The Labute approximate surface area is 269 Å². The van der Waals surface area contributed by atoms with Gasteiger partial charge in [-0.15, -0.1) is 46.4 Å². The second-order valence-corrected chi connectivity index (χ2v) is 16.4. The van der Waals surface area contributed by atoms with Crippen LogP contribution in [0, 0.1) is 22.0 Å². The van der Waals surface area contributed by atoms with Crippen LogP contribution < -0.4 is 0 Å². The zero-order valence-corrected chi connectivity index (χ0v) is 26.5. The lowest BCUT2D eigenvalue weighted by Gasteiger charge is -2.52. The minimum Gasteiger partial charge on any atom is -0.258 e. The summed E-state index contributed by atoms with van der Waals surface area (Å²) in [5.74, 6) is -3.78.